The van der Waals surface area contributed by atoms with Gasteiger partial charge < -0.3 is 4.74 Å². The van der Waals surface area contributed by atoms with Crippen molar-refractivity contribution in [2.45, 2.75) is 12.8 Å². The van der Waals surface area contributed by atoms with Crippen LogP contribution in [-0.2, 0) is 20.9 Å². The van der Waals surface area contributed by atoms with Crippen molar-refractivity contribution in [2.75, 3.05) is 0 Å². The summed E-state index contributed by atoms with van der Waals surface area (Å²) in [5, 5.41) is 6.58. The van der Waals surface area contributed by atoms with Gasteiger partial charge in [0.1, 0.15) is 6.61 Å². The van der Waals surface area contributed by atoms with Crippen molar-refractivity contribution in [1.82, 2.24) is 0 Å². The predicted octanol–water partition coefficient (Wildman–Crippen LogP) is 2.04. The van der Waals surface area contributed by atoms with E-state index in [2.05, 4.69) is 4.74 Å². The predicted molar refractivity (Wildman–Crippen MR) is 58.5 cm³/mol. The monoisotopic (exact) mass is 271 g/mol. The van der Waals surface area contributed by atoms with Gasteiger partial charge in [0.05, 0.1) is 0 Å². The number of ether oxygens (including phenoxy) is 1. The Hall–Kier alpha value is -2.40. The molecule has 0 atom stereocenters. The Kier molecular flexibility index (Phi) is 4.61. The summed E-state index contributed by atoms with van der Waals surface area (Å²) in [6.45, 7) is -0.296. The maximum absolute atomic E-state index is 12.1. The van der Waals surface area contributed by atoms with Crippen molar-refractivity contribution in [2.24, 2.45) is 0 Å². The molecular formula is C12H8F3NO3. The van der Waals surface area contributed by atoms with Crippen molar-refractivity contribution >= 4 is 17.6 Å². The molecule has 7 heteroatoms. The van der Waals surface area contributed by atoms with Crippen LogP contribution in [0.4, 0.5) is 13.2 Å². The number of benzene rings is 1. The summed E-state index contributed by atoms with van der Waals surface area (Å²) in [5.41, 5.74) is -0.928. The molecule has 100 valence electrons. The molecule has 0 aromatic heterocycles. The lowest BCUT2D eigenvalue weighted by molar-refractivity contribution is -0.168. The smallest absolute Gasteiger partial charge is 0.455 e. The van der Waals surface area contributed by atoms with Gasteiger partial charge in [-0.2, -0.15) is 13.2 Å². The Balaban J connectivity index is 2.72. The Labute approximate surface area is 106 Å². The van der Waals surface area contributed by atoms with E-state index in [4.69, 9.17) is 5.41 Å². The van der Waals surface area contributed by atoms with Crippen LogP contribution in [-0.4, -0.2) is 23.8 Å². The molecule has 19 heavy (non-hydrogen) atoms. The van der Waals surface area contributed by atoms with Crippen LogP contribution in [0.25, 0.3) is 0 Å². The number of alkyl halides is 3. The van der Waals surface area contributed by atoms with Gasteiger partial charge in [-0.3, -0.25) is 10.2 Å². The van der Waals surface area contributed by atoms with Crippen LogP contribution in [0.15, 0.2) is 35.9 Å². The molecule has 0 saturated heterocycles. The topological polar surface area (TPSA) is 67.2 Å². The molecule has 0 radical (unpaired) electrons. The van der Waals surface area contributed by atoms with Crippen LogP contribution in [0, 0.1) is 5.41 Å². The molecule has 0 unspecified atom stereocenters. The highest BCUT2D eigenvalue weighted by molar-refractivity contribution is 6.25. The van der Waals surface area contributed by atoms with Gasteiger partial charge in [0.15, 0.2) is 5.57 Å². The van der Waals surface area contributed by atoms with E-state index in [1.165, 1.54) is 5.87 Å². The number of carbonyl (C=O) groups excluding carboxylic acids is 2. The van der Waals surface area contributed by atoms with E-state index in [0.717, 1.165) is 0 Å². The number of esters is 1. The first-order valence-electron chi connectivity index (χ1n) is 4.98. The van der Waals surface area contributed by atoms with Crippen molar-refractivity contribution in [3.8, 4) is 0 Å². The molecule has 4 nitrogen and oxygen atoms in total. The molecular weight excluding hydrogens is 263 g/mol. The Bertz CT molecular complexity index is 531. The van der Waals surface area contributed by atoms with Crippen LogP contribution in [0.1, 0.15) is 5.56 Å². The molecule has 0 aliphatic carbocycles. The third kappa shape index (κ3) is 4.08. The van der Waals surface area contributed by atoms with Gasteiger partial charge in [0.25, 0.3) is 5.78 Å². The first kappa shape index (κ1) is 14.7. The molecule has 0 bridgehead atoms. The number of carbonyl (C=O) groups is 2. The van der Waals surface area contributed by atoms with E-state index in [9.17, 15) is 22.8 Å². The van der Waals surface area contributed by atoms with Crippen molar-refractivity contribution in [3.63, 3.8) is 0 Å². The molecule has 1 rings (SSSR count). The van der Waals surface area contributed by atoms with Gasteiger partial charge in [-0.15, -0.1) is 0 Å². The molecule has 0 aliphatic heterocycles. The van der Waals surface area contributed by atoms with Crippen molar-refractivity contribution < 1.29 is 27.5 Å². The minimum absolute atomic E-state index is 0.296. The minimum atomic E-state index is -5.24. The first-order valence-corrected chi connectivity index (χ1v) is 4.98. The van der Waals surface area contributed by atoms with Gasteiger partial charge in [-0.25, -0.2) is 4.79 Å². The fourth-order valence-corrected chi connectivity index (χ4v) is 1.14. The summed E-state index contributed by atoms with van der Waals surface area (Å²) in [4.78, 5) is 22.1. The summed E-state index contributed by atoms with van der Waals surface area (Å²) in [6, 6.07) is 8.19. The van der Waals surface area contributed by atoms with Crippen molar-refractivity contribution in [3.05, 3.63) is 41.5 Å². The Morgan fingerprint density at radius 1 is 1.21 bits per heavy atom. The SMILES string of the molecule is N=C=C(C(=O)OCc1ccccc1)C(=O)C(F)(F)F. The molecule has 1 aromatic carbocycles. The second-order valence-corrected chi connectivity index (χ2v) is 3.39. The number of halogens is 3. The quantitative estimate of drug-likeness (QED) is 0.299. The summed E-state index contributed by atoms with van der Waals surface area (Å²) in [6.07, 6.45) is -5.24. The summed E-state index contributed by atoms with van der Waals surface area (Å²) < 4.78 is 40.8. The Morgan fingerprint density at radius 2 is 1.79 bits per heavy atom. The summed E-state index contributed by atoms with van der Waals surface area (Å²) in [5.74, 6) is -2.80. The average molecular weight is 271 g/mol. The van der Waals surface area contributed by atoms with Crippen LogP contribution in [0.3, 0.4) is 0 Å². The van der Waals surface area contributed by atoms with E-state index in [1.807, 2.05) is 0 Å². The largest absolute Gasteiger partial charge is 0.457 e. The van der Waals surface area contributed by atoms with Gasteiger partial charge in [-0.1, -0.05) is 30.3 Å². The van der Waals surface area contributed by atoms with Gasteiger partial charge in [0, 0.05) is 0 Å². The van der Waals surface area contributed by atoms with Gasteiger partial charge in [0.2, 0.25) is 0 Å². The van der Waals surface area contributed by atoms with E-state index >= 15 is 0 Å². The Morgan fingerprint density at radius 3 is 2.26 bits per heavy atom. The molecule has 0 fully saturated rings. The fraction of sp³-hybridized carbons (Fsp3) is 0.167. The van der Waals surface area contributed by atoms with Crippen LogP contribution < -0.4 is 0 Å². The van der Waals surface area contributed by atoms with E-state index in [-0.39, 0.29) is 6.61 Å². The minimum Gasteiger partial charge on any atom is -0.457 e. The normalized spacial score (nSPS) is 10.5. The molecule has 1 aromatic rings. The van der Waals surface area contributed by atoms with E-state index < -0.39 is 23.5 Å². The molecule has 0 saturated carbocycles. The highest BCUT2D eigenvalue weighted by Gasteiger charge is 2.44. The zero-order valence-electron chi connectivity index (χ0n) is 9.45. The van der Waals surface area contributed by atoms with Gasteiger partial charge >= 0.3 is 12.1 Å². The number of nitrogens with one attached hydrogen (secondary N) is 1. The third-order valence-corrected chi connectivity index (χ3v) is 2.03. The summed E-state index contributed by atoms with van der Waals surface area (Å²) >= 11 is 0. The highest BCUT2D eigenvalue weighted by atomic mass is 19.4. The zero-order valence-corrected chi connectivity index (χ0v) is 9.45. The zero-order chi connectivity index (χ0) is 14.5. The molecule has 0 aliphatic rings. The maximum atomic E-state index is 12.1. The number of hydrogen-bond donors (Lipinski definition) is 1. The second-order valence-electron chi connectivity index (χ2n) is 3.39. The second kappa shape index (κ2) is 5.97. The number of ketones is 1. The van der Waals surface area contributed by atoms with Crippen LogP contribution in [0.2, 0.25) is 0 Å². The number of rotatable bonds is 4. The van der Waals surface area contributed by atoms with E-state index in [1.54, 1.807) is 30.3 Å². The van der Waals surface area contributed by atoms with Crippen LogP contribution in [0.5, 0.6) is 0 Å². The molecule has 0 spiro atoms. The molecule has 0 heterocycles. The lowest BCUT2D eigenvalue weighted by atomic mass is 10.2. The number of hydrogen-bond acceptors (Lipinski definition) is 4. The average Bonchev–Trinajstić information content (AvgIpc) is 2.37. The first-order chi connectivity index (χ1) is 8.86. The van der Waals surface area contributed by atoms with Crippen LogP contribution >= 0.6 is 0 Å². The third-order valence-electron chi connectivity index (χ3n) is 2.03. The molecule has 0 amide bonds. The van der Waals surface area contributed by atoms with E-state index in [0.29, 0.717) is 5.56 Å². The maximum Gasteiger partial charge on any atom is 0.455 e. The lowest BCUT2D eigenvalue weighted by Gasteiger charge is -2.07. The molecule has 1 N–H and O–H groups in total. The summed E-state index contributed by atoms with van der Waals surface area (Å²) in [7, 11) is 0. The van der Waals surface area contributed by atoms with Crippen molar-refractivity contribution in [1.29, 1.82) is 5.41 Å². The number of Topliss-reactive ketones (excluding diaryl/α,β-unsaturated/α-hetero) is 1. The lowest BCUT2D eigenvalue weighted by Crippen LogP contribution is -2.29. The highest BCUT2D eigenvalue weighted by Crippen LogP contribution is 2.20. The standard InChI is InChI=1S/C12H8F3NO3/c13-12(14,15)10(17)9(6-16)11(18)19-7-8-4-2-1-3-5-8/h1-5,16H,7H2. The van der Waals surface area contributed by atoms with Gasteiger partial charge in [-0.05, 0) is 11.4 Å². The fourth-order valence-electron chi connectivity index (χ4n) is 1.14.